The lowest BCUT2D eigenvalue weighted by molar-refractivity contribution is 0.102. The van der Waals surface area contributed by atoms with Gasteiger partial charge in [-0.3, -0.25) is 4.79 Å². The van der Waals surface area contributed by atoms with E-state index < -0.39 is 12.0 Å². The van der Waals surface area contributed by atoms with Crippen molar-refractivity contribution in [3.8, 4) is 17.3 Å². The number of aliphatic hydroxyl groups excluding tert-OH is 1. The molecule has 0 bridgehead atoms. The van der Waals surface area contributed by atoms with E-state index in [0.29, 0.717) is 86.0 Å². The van der Waals surface area contributed by atoms with Crippen LogP contribution in [0.3, 0.4) is 0 Å². The fraction of sp³-hybridized carbons (Fsp3) is 0.375. The predicted octanol–water partition coefficient (Wildman–Crippen LogP) is 2.05. The van der Waals surface area contributed by atoms with Crippen molar-refractivity contribution in [1.82, 2.24) is 19.9 Å². The number of carbonyl (C=O) groups is 1. The van der Waals surface area contributed by atoms with Gasteiger partial charge in [0.05, 0.1) is 37.7 Å². The Morgan fingerprint density at radius 3 is 2.71 bits per heavy atom. The molecule has 13 nitrogen and oxygen atoms in total. The SMILES string of the molecule is COc1ccc(-c2nc(C(=O)Nc3cc4oc(N5CCOCC5)nc4nc3N3CC[C@H](O)C3)co2)cn1.S. The number of morpholine rings is 1. The van der Waals surface area contributed by atoms with E-state index in [4.69, 9.17) is 23.3 Å². The van der Waals surface area contributed by atoms with Crippen LogP contribution in [0.15, 0.2) is 39.5 Å². The highest BCUT2D eigenvalue weighted by molar-refractivity contribution is 7.59. The topological polar surface area (TPSA) is 152 Å². The monoisotopic (exact) mass is 541 g/mol. The second-order valence-corrected chi connectivity index (χ2v) is 8.75. The highest BCUT2D eigenvalue weighted by atomic mass is 32.1. The van der Waals surface area contributed by atoms with Gasteiger partial charge in [0.15, 0.2) is 17.1 Å². The van der Waals surface area contributed by atoms with E-state index in [0.717, 1.165) is 0 Å². The third-order valence-electron chi connectivity index (χ3n) is 6.27. The zero-order valence-corrected chi connectivity index (χ0v) is 21.6. The molecule has 0 aliphatic carbocycles. The van der Waals surface area contributed by atoms with Gasteiger partial charge in [0.1, 0.15) is 6.26 Å². The van der Waals surface area contributed by atoms with Crippen molar-refractivity contribution in [3.05, 3.63) is 36.4 Å². The number of oxazole rings is 2. The summed E-state index contributed by atoms with van der Waals surface area (Å²) in [5, 5.41) is 13.0. The maximum Gasteiger partial charge on any atom is 0.300 e. The number of nitrogens with one attached hydrogen (secondary N) is 1. The maximum absolute atomic E-state index is 13.1. The van der Waals surface area contributed by atoms with Crippen LogP contribution in [0.1, 0.15) is 16.9 Å². The van der Waals surface area contributed by atoms with Crippen LogP contribution in [0.2, 0.25) is 0 Å². The van der Waals surface area contributed by atoms with Crippen LogP contribution in [-0.4, -0.2) is 83.6 Å². The van der Waals surface area contributed by atoms with Crippen LogP contribution in [0.4, 0.5) is 17.5 Å². The zero-order chi connectivity index (χ0) is 25.4. The first-order valence-electron chi connectivity index (χ1n) is 11.9. The summed E-state index contributed by atoms with van der Waals surface area (Å²) in [6.07, 6.45) is 2.97. The van der Waals surface area contributed by atoms with E-state index in [-0.39, 0.29) is 25.1 Å². The second kappa shape index (κ2) is 10.8. The molecule has 1 atom stereocenters. The van der Waals surface area contributed by atoms with Gasteiger partial charge < -0.3 is 38.5 Å². The number of amides is 1. The second-order valence-electron chi connectivity index (χ2n) is 8.75. The van der Waals surface area contributed by atoms with E-state index in [1.54, 1.807) is 24.4 Å². The Labute approximate surface area is 224 Å². The number of methoxy groups -OCH3 is 1. The molecule has 2 saturated heterocycles. The summed E-state index contributed by atoms with van der Waals surface area (Å²) >= 11 is 0. The molecule has 2 aliphatic rings. The minimum absolute atomic E-state index is 0. The molecule has 0 unspecified atom stereocenters. The minimum Gasteiger partial charge on any atom is -0.481 e. The summed E-state index contributed by atoms with van der Waals surface area (Å²) in [5.74, 6) is 0.732. The predicted molar refractivity (Wildman–Crippen MR) is 142 cm³/mol. The number of aliphatic hydroxyl groups is 1. The van der Waals surface area contributed by atoms with Gasteiger partial charge in [0.2, 0.25) is 17.4 Å². The van der Waals surface area contributed by atoms with E-state index in [2.05, 4.69) is 20.3 Å². The highest BCUT2D eigenvalue weighted by Gasteiger charge is 2.27. The Bertz CT molecular complexity index is 1420. The first-order chi connectivity index (χ1) is 18.1. The number of ether oxygens (including phenoxy) is 2. The third-order valence-corrected chi connectivity index (χ3v) is 6.27. The van der Waals surface area contributed by atoms with Gasteiger partial charge in [-0.25, -0.2) is 15.0 Å². The molecule has 6 rings (SSSR count). The van der Waals surface area contributed by atoms with Crippen molar-refractivity contribution in [2.75, 3.05) is 61.6 Å². The van der Waals surface area contributed by atoms with E-state index in [9.17, 15) is 9.90 Å². The quantitative estimate of drug-likeness (QED) is 0.367. The van der Waals surface area contributed by atoms with Crippen molar-refractivity contribution >= 4 is 48.2 Å². The molecule has 0 radical (unpaired) electrons. The minimum atomic E-state index is -0.480. The number of hydrogen-bond donors (Lipinski definition) is 2. The Kier molecular flexibility index (Phi) is 7.35. The van der Waals surface area contributed by atoms with Crippen LogP contribution in [-0.2, 0) is 4.74 Å². The van der Waals surface area contributed by atoms with Crippen LogP contribution in [0, 0.1) is 0 Å². The maximum atomic E-state index is 13.1. The molecule has 14 heteroatoms. The third kappa shape index (κ3) is 5.10. The summed E-state index contributed by atoms with van der Waals surface area (Å²) in [6.45, 7) is 3.51. The smallest absolute Gasteiger partial charge is 0.300 e. The number of aromatic nitrogens is 4. The molecule has 38 heavy (non-hydrogen) atoms. The van der Waals surface area contributed by atoms with Crippen molar-refractivity contribution in [3.63, 3.8) is 0 Å². The van der Waals surface area contributed by atoms with Gasteiger partial charge in [0, 0.05) is 44.5 Å². The molecular formula is C24H27N7O6S. The van der Waals surface area contributed by atoms with Gasteiger partial charge in [-0.05, 0) is 12.5 Å². The molecule has 2 aliphatic heterocycles. The van der Waals surface area contributed by atoms with Gasteiger partial charge in [-0.1, -0.05) is 0 Å². The molecule has 2 fully saturated rings. The number of nitrogens with zero attached hydrogens (tertiary/aromatic N) is 6. The molecule has 4 aromatic heterocycles. The standard InChI is InChI=1S/C24H25N7O6.H2S/c1-34-19-3-2-14(11-25-19)23-27-17(13-36-23)22(33)26-16-10-18-20(28-21(16)31-5-4-15(32)12-31)29-24(37-18)30-6-8-35-9-7-30;/h2-3,10-11,13,15,32H,4-9,12H2,1H3,(H,26,33);1H2/t15-;/m0./s1. The lowest BCUT2D eigenvalue weighted by atomic mass is 10.3. The van der Waals surface area contributed by atoms with Crippen molar-refractivity contribution in [2.24, 2.45) is 0 Å². The fourth-order valence-corrected chi connectivity index (χ4v) is 4.32. The Morgan fingerprint density at radius 1 is 1.16 bits per heavy atom. The van der Waals surface area contributed by atoms with Crippen molar-refractivity contribution in [2.45, 2.75) is 12.5 Å². The van der Waals surface area contributed by atoms with Crippen molar-refractivity contribution < 1.29 is 28.2 Å². The number of fused-ring (bicyclic) bond motifs is 1. The molecule has 0 aromatic carbocycles. The number of pyridine rings is 2. The van der Waals surface area contributed by atoms with E-state index in [1.807, 2.05) is 9.80 Å². The number of rotatable bonds is 6. The normalized spacial score (nSPS) is 17.5. The van der Waals surface area contributed by atoms with Gasteiger partial charge in [-0.15, -0.1) is 0 Å². The van der Waals surface area contributed by atoms with E-state index in [1.165, 1.54) is 13.4 Å². The summed E-state index contributed by atoms with van der Waals surface area (Å²) in [7, 11) is 1.53. The molecule has 200 valence electrons. The average Bonchev–Trinajstić information content (AvgIpc) is 3.68. The van der Waals surface area contributed by atoms with Crippen molar-refractivity contribution in [1.29, 1.82) is 0 Å². The fourth-order valence-electron chi connectivity index (χ4n) is 4.32. The molecule has 2 N–H and O–H groups in total. The summed E-state index contributed by atoms with van der Waals surface area (Å²) in [6, 6.07) is 5.57. The average molecular weight is 542 g/mol. The first kappa shape index (κ1) is 25.8. The Morgan fingerprint density at radius 2 is 2.00 bits per heavy atom. The van der Waals surface area contributed by atoms with Gasteiger partial charge in [0.25, 0.3) is 11.9 Å². The Balaban J connectivity index is 0.00000294. The van der Waals surface area contributed by atoms with Gasteiger partial charge in [-0.2, -0.15) is 18.5 Å². The molecule has 6 heterocycles. The molecule has 1 amide bonds. The zero-order valence-electron chi connectivity index (χ0n) is 20.6. The number of anilines is 3. The summed E-state index contributed by atoms with van der Waals surface area (Å²) in [5.41, 5.74) is 1.97. The van der Waals surface area contributed by atoms with Crippen LogP contribution in [0.5, 0.6) is 5.88 Å². The molecular weight excluding hydrogens is 514 g/mol. The number of carbonyl (C=O) groups excluding carboxylic acids is 1. The first-order valence-corrected chi connectivity index (χ1v) is 11.9. The lowest BCUT2D eigenvalue weighted by Crippen LogP contribution is -2.36. The number of hydrogen-bond acceptors (Lipinski definition) is 12. The van der Waals surface area contributed by atoms with Crippen LogP contribution in [0.25, 0.3) is 22.7 Å². The van der Waals surface area contributed by atoms with E-state index >= 15 is 0 Å². The Hall–Kier alpha value is -3.88. The van der Waals surface area contributed by atoms with Gasteiger partial charge >= 0.3 is 0 Å². The molecule has 0 saturated carbocycles. The number of β-amino-alcohol motifs (C(OH)–C–C–N with tert-alkyl or cyclic N) is 1. The lowest BCUT2D eigenvalue weighted by Gasteiger charge is -2.24. The molecule has 4 aromatic rings. The summed E-state index contributed by atoms with van der Waals surface area (Å²) < 4.78 is 22.0. The van der Waals surface area contributed by atoms with Crippen LogP contribution >= 0.6 is 13.5 Å². The highest BCUT2D eigenvalue weighted by Crippen LogP contribution is 2.33. The molecule has 0 spiro atoms. The summed E-state index contributed by atoms with van der Waals surface area (Å²) in [4.78, 5) is 34.8. The van der Waals surface area contributed by atoms with Crippen LogP contribution < -0.4 is 19.9 Å². The largest absolute Gasteiger partial charge is 0.481 e.